The van der Waals surface area contributed by atoms with E-state index in [4.69, 9.17) is 9.47 Å². The summed E-state index contributed by atoms with van der Waals surface area (Å²) < 4.78 is 48.2. The number of likely N-dealkylation sites (tertiary alicyclic amines) is 1. The van der Waals surface area contributed by atoms with Gasteiger partial charge in [0.15, 0.2) is 11.5 Å². The van der Waals surface area contributed by atoms with Crippen molar-refractivity contribution in [2.75, 3.05) is 26.7 Å². The van der Waals surface area contributed by atoms with Crippen molar-refractivity contribution in [2.45, 2.75) is 19.2 Å². The van der Waals surface area contributed by atoms with Crippen LogP contribution in [0.3, 0.4) is 0 Å². The Morgan fingerprint density at radius 1 is 1.25 bits per heavy atom. The van der Waals surface area contributed by atoms with Gasteiger partial charge in [-0.15, -0.1) is 0 Å². The fourth-order valence-corrected chi connectivity index (χ4v) is 2.13. The number of hydrogen-bond donors (Lipinski definition) is 0. The van der Waals surface area contributed by atoms with Gasteiger partial charge in [0.25, 0.3) is 0 Å². The molecule has 0 N–H and O–H groups in total. The van der Waals surface area contributed by atoms with E-state index in [0.717, 1.165) is 0 Å². The highest BCUT2D eigenvalue weighted by molar-refractivity contribution is 5.39. The van der Waals surface area contributed by atoms with E-state index >= 15 is 0 Å². The molecule has 1 aromatic carbocycles. The predicted molar refractivity (Wildman–Crippen MR) is 69.1 cm³/mol. The zero-order valence-electron chi connectivity index (χ0n) is 11.5. The molecule has 0 unspecified atom stereocenters. The first-order chi connectivity index (χ1) is 9.40. The molecular weight excluding hydrogens is 271 g/mol. The van der Waals surface area contributed by atoms with Gasteiger partial charge in [0.1, 0.15) is 6.10 Å². The lowest BCUT2D eigenvalue weighted by Gasteiger charge is -2.40. The first-order valence-electron chi connectivity index (χ1n) is 6.49. The van der Waals surface area contributed by atoms with E-state index in [1.54, 1.807) is 24.1 Å². The lowest BCUT2D eigenvalue weighted by molar-refractivity contribution is -0.179. The molecule has 2 rings (SSSR count). The van der Waals surface area contributed by atoms with Crippen LogP contribution in [0.2, 0.25) is 0 Å². The predicted octanol–water partition coefficient (Wildman–Crippen LogP) is 2.96. The molecular formula is C14H18F3NO2. The zero-order valence-corrected chi connectivity index (χ0v) is 11.5. The minimum absolute atomic E-state index is 0.0231. The molecule has 3 nitrogen and oxygen atoms in total. The Labute approximate surface area is 116 Å². The molecule has 6 heteroatoms. The second-order valence-electron chi connectivity index (χ2n) is 5.05. The molecule has 0 amide bonds. The van der Waals surface area contributed by atoms with E-state index in [1.807, 2.05) is 12.1 Å². The summed E-state index contributed by atoms with van der Waals surface area (Å²) in [6, 6.07) is 7.25. The molecule has 0 radical (unpaired) electrons. The van der Waals surface area contributed by atoms with Gasteiger partial charge in [0.2, 0.25) is 0 Å². The molecule has 20 heavy (non-hydrogen) atoms. The molecule has 0 aromatic heterocycles. The summed E-state index contributed by atoms with van der Waals surface area (Å²) in [5.41, 5.74) is 0. The van der Waals surface area contributed by atoms with Crippen LogP contribution in [0.5, 0.6) is 11.5 Å². The van der Waals surface area contributed by atoms with Crippen molar-refractivity contribution in [3.8, 4) is 11.5 Å². The van der Waals surface area contributed by atoms with Crippen LogP contribution in [-0.4, -0.2) is 43.9 Å². The van der Waals surface area contributed by atoms with Crippen molar-refractivity contribution < 1.29 is 22.6 Å². The molecule has 1 atom stereocenters. The number of halogens is 3. The third-order valence-electron chi connectivity index (χ3n) is 3.38. The van der Waals surface area contributed by atoms with Crippen LogP contribution in [0.1, 0.15) is 6.92 Å². The molecule has 1 aromatic rings. The van der Waals surface area contributed by atoms with E-state index < -0.39 is 12.1 Å². The van der Waals surface area contributed by atoms with Gasteiger partial charge < -0.3 is 9.47 Å². The van der Waals surface area contributed by atoms with Crippen LogP contribution in [0.4, 0.5) is 13.2 Å². The largest absolute Gasteiger partial charge is 0.493 e. The maximum Gasteiger partial charge on any atom is 0.392 e. The van der Waals surface area contributed by atoms with Crippen molar-refractivity contribution in [1.82, 2.24) is 4.90 Å². The Hall–Kier alpha value is -1.43. The zero-order chi connectivity index (χ0) is 14.8. The topological polar surface area (TPSA) is 21.7 Å². The van der Waals surface area contributed by atoms with Gasteiger partial charge in [-0.25, -0.2) is 0 Å². The monoisotopic (exact) mass is 289 g/mol. The molecule has 1 saturated heterocycles. The fourth-order valence-electron chi connectivity index (χ4n) is 2.13. The van der Waals surface area contributed by atoms with Gasteiger partial charge in [0, 0.05) is 19.6 Å². The van der Waals surface area contributed by atoms with Crippen molar-refractivity contribution in [3.63, 3.8) is 0 Å². The number of hydrogen-bond acceptors (Lipinski definition) is 3. The van der Waals surface area contributed by atoms with Crippen LogP contribution in [-0.2, 0) is 0 Å². The summed E-state index contributed by atoms with van der Waals surface area (Å²) >= 11 is 0. The number of para-hydroxylation sites is 2. The summed E-state index contributed by atoms with van der Waals surface area (Å²) in [4.78, 5) is 1.75. The van der Waals surface area contributed by atoms with Crippen molar-refractivity contribution in [1.29, 1.82) is 0 Å². The van der Waals surface area contributed by atoms with Gasteiger partial charge in [-0.3, -0.25) is 4.90 Å². The normalized spacial score (nSPS) is 18.4. The van der Waals surface area contributed by atoms with Crippen molar-refractivity contribution >= 4 is 0 Å². The Morgan fingerprint density at radius 3 is 2.40 bits per heavy atom. The molecule has 0 aliphatic carbocycles. The molecule has 0 bridgehead atoms. The summed E-state index contributed by atoms with van der Waals surface area (Å²) in [5.74, 6) is -0.0483. The lowest BCUT2D eigenvalue weighted by atomic mass is 10.1. The highest BCUT2D eigenvalue weighted by Gasteiger charge is 2.39. The molecule has 1 heterocycles. The van der Waals surface area contributed by atoms with E-state index in [1.165, 1.54) is 6.92 Å². The highest BCUT2D eigenvalue weighted by Crippen LogP contribution is 2.30. The van der Waals surface area contributed by atoms with Gasteiger partial charge in [-0.05, 0) is 12.1 Å². The molecule has 112 valence electrons. The third-order valence-corrected chi connectivity index (χ3v) is 3.38. The Kier molecular flexibility index (Phi) is 4.42. The van der Waals surface area contributed by atoms with Crippen LogP contribution in [0.25, 0.3) is 0 Å². The van der Waals surface area contributed by atoms with Gasteiger partial charge >= 0.3 is 6.18 Å². The van der Waals surface area contributed by atoms with E-state index in [9.17, 15) is 13.2 Å². The quantitative estimate of drug-likeness (QED) is 0.832. The number of benzene rings is 1. The Bertz CT molecular complexity index is 444. The molecule has 0 saturated carbocycles. The van der Waals surface area contributed by atoms with Crippen LogP contribution in [0.15, 0.2) is 24.3 Å². The van der Waals surface area contributed by atoms with Crippen LogP contribution >= 0.6 is 0 Å². The molecule has 1 aliphatic heterocycles. The minimum atomic E-state index is -4.13. The Morgan fingerprint density at radius 2 is 1.85 bits per heavy atom. The summed E-state index contributed by atoms with van der Waals surface area (Å²) in [6.07, 6.45) is -4.21. The average Bonchev–Trinajstić information content (AvgIpc) is 2.35. The average molecular weight is 289 g/mol. The molecule has 1 fully saturated rings. The second kappa shape index (κ2) is 5.91. The van der Waals surface area contributed by atoms with E-state index in [-0.39, 0.29) is 12.6 Å². The van der Waals surface area contributed by atoms with Crippen molar-refractivity contribution in [2.24, 2.45) is 5.92 Å². The number of rotatable bonds is 5. The standard InChI is InChI=1S/C14H18F3NO2/c1-10(14(15,16)17)7-18-8-11(9-18)20-13-6-4-3-5-12(13)19-2/h3-6,10-11H,7-9H2,1-2H3/t10-/m1/s1. The first kappa shape index (κ1) is 15.0. The number of methoxy groups -OCH3 is 1. The second-order valence-corrected chi connectivity index (χ2v) is 5.05. The Balaban J connectivity index is 1.80. The summed E-state index contributed by atoms with van der Waals surface area (Å²) in [5, 5.41) is 0. The van der Waals surface area contributed by atoms with Crippen molar-refractivity contribution in [3.05, 3.63) is 24.3 Å². The number of nitrogens with zero attached hydrogens (tertiary/aromatic N) is 1. The van der Waals surface area contributed by atoms with Crippen LogP contribution in [0, 0.1) is 5.92 Å². The smallest absolute Gasteiger partial charge is 0.392 e. The summed E-state index contributed by atoms with van der Waals surface area (Å²) in [7, 11) is 1.56. The maximum atomic E-state index is 12.4. The summed E-state index contributed by atoms with van der Waals surface area (Å²) in [6.45, 7) is 2.25. The van der Waals surface area contributed by atoms with Gasteiger partial charge in [-0.1, -0.05) is 19.1 Å². The number of ether oxygens (including phenoxy) is 2. The fraction of sp³-hybridized carbons (Fsp3) is 0.571. The molecule has 0 spiro atoms. The van der Waals surface area contributed by atoms with E-state index in [0.29, 0.717) is 24.6 Å². The molecule has 1 aliphatic rings. The number of alkyl halides is 3. The van der Waals surface area contributed by atoms with Gasteiger partial charge in [0.05, 0.1) is 13.0 Å². The SMILES string of the molecule is COc1ccccc1OC1CN(C[C@@H](C)C(F)(F)F)C1. The maximum absolute atomic E-state index is 12.4. The first-order valence-corrected chi connectivity index (χ1v) is 6.49. The highest BCUT2D eigenvalue weighted by atomic mass is 19.4. The van der Waals surface area contributed by atoms with E-state index in [2.05, 4.69) is 0 Å². The minimum Gasteiger partial charge on any atom is -0.493 e. The van der Waals surface area contributed by atoms with Gasteiger partial charge in [-0.2, -0.15) is 13.2 Å². The lowest BCUT2D eigenvalue weighted by Crippen LogP contribution is -2.55. The van der Waals surface area contributed by atoms with Crippen LogP contribution < -0.4 is 9.47 Å². The third kappa shape index (κ3) is 3.56.